The van der Waals surface area contributed by atoms with Gasteiger partial charge in [0.1, 0.15) is 12.3 Å². The van der Waals surface area contributed by atoms with Gasteiger partial charge in [-0.25, -0.2) is 9.03 Å². The summed E-state index contributed by atoms with van der Waals surface area (Å²) in [6.45, 7) is -0.354. The quantitative estimate of drug-likeness (QED) is 0.776. The molecule has 0 bridgehead atoms. The van der Waals surface area contributed by atoms with Gasteiger partial charge < -0.3 is 10.0 Å². The third-order valence-electron chi connectivity index (χ3n) is 4.44. The zero-order chi connectivity index (χ0) is 20.5. The van der Waals surface area contributed by atoms with Crippen molar-refractivity contribution in [2.45, 2.75) is 12.8 Å². The van der Waals surface area contributed by atoms with Crippen LogP contribution in [0.1, 0.15) is 21.5 Å². The van der Waals surface area contributed by atoms with Crippen molar-refractivity contribution in [3.8, 4) is 5.75 Å². The number of nitrogens with one attached hydrogen (secondary N) is 1. The lowest BCUT2D eigenvalue weighted by atomic mass is 10.0. The summed E-state index contributed by atoms with van der Waals surface area (Å²) in [6.07, 6.45) is 1.32. The monoisotopic (exact) mass is 403 g/mol. The lowest BCUT2D eigenvalue weighted by Crippen LogP contribution is -2.29. The first-order chi connectivity index (χ1) is 13.2. The van der Waals surface area contributed by atoms with Crippen LogP contribution in [0.25, 0.3) is 0 Å². The molecule has 0 saturated carbocycles. The van der Waals surface area contributed by atoms with E-state index in [0.29, 0.717) is 18.4 Å². The molecule has 1 aliphatic rings. The van der Waals surface area contributed by atoms with Gasteiger partial charge in [-0.2, -0.15) is 8.42 Å². The molecule has 2 amide bonds. The second-order valence-corrected chi connectivity index (χ2v) is 8.35. The van der Waals surface area contributed by atoms with Gasteiger partial charge in [-0.1, -0.05) is 18.2 Å². The van der Waals surface area contributed by atoms with E-state index in [0.717, 1.165) is 15.4 Å². The maximum atomic E-state index is 11.9. The molecule has 9 heteroatoms. The number of hydrogen-bond acceptors (Lipinski definition) is 5. The zero-order valence-electron chi connectivity index (χ0n) is 15.5. The number of phenols is 1. The topological polar surface area (TPSA) is 107 Å². The Morgan fingerprint density at radius 1 is 1.11 bits per heavy atom. The highest BCUT2D eigenvalue weighted by molar-refractivity contribution is 7.92. The van der Waals surface area contributed by atoms with Gasteiger partial charge in [-0.05, 0) is 48.2 Å². The van der Waals surface area contributed by atoms with Crippen LogP contribution in [-0.4, -0.2) is 50.9 Å². The van der Waals surface area contributed by atoms with Gasteiger partial charge in [0.05, 0.1) is 5.69 Å². The molecule has 1 saturated heterocycles. The summed E-state index contributed by atoms with van der Waals surface area (Å²) in [7, 11) is -0.554. The van der Waals surface area contributed by atoms with Gasteiger partial charge >= 0.3 is 10.2 Å². The summed E-state index contributed by atoms with van der Waals surface area (Å²) in [4.78, 5) is 24.8. The van der Waals surface area contributed by atoms with E-state index in [1.54, 1.807) is 32.3 Å². The molecule has 2 aromatic carbocycles. The minimum atomic E-state index is -3.95. The first kappa shape index (κ1) is 19.7. The number of anilines is 1. The minimum Gasteiger partial charge on any atom is -0.506 e. The molecule has 0 unspecified atom stereocenters. The molecule has 8 nitrogen and oxygen atoms in total. The first-order valence-electron chi connectivity index (χ1n) is 8.63. The predicted molar refractivity (Wildman–Crippen MR) is 104 cm³/mol. The fourth-order valence-electron chi connectivity index (χ4n) is 2.96. The highest BCUT2D eigenvalue weighted by Gasteiger charge is 2.35. The largest absolute Gasteiger partial charge is 0.506 e. The van der Waals surface area contributed by atoms with Crippen molar-refractivity contribution in [2.24, 2.45) is 0 Å². The van der Waals surface area contributed by atoms with Crippen molar-refractivity contribution in [2.75, 3.05) is 24.9 Å². The average molecular weight is 403 g/mol. The SMILES string of the molecule is CN(C)C(=O)c1ccc(CCc2ccc(N3CC(=O)NS3(=O)=O)c(O)c2)cc1. The molecular weight excluding hydrogens is 382 g/mol. The Labute approximate surface area is 163 Å². The van der Waals surface area contributed by atoms with Gasteiger partial charge in [-0.3, -0.25) is 9.59 Å². The molecule has 0 spiro atoms. The normalized spacial score (nSPS) is 15.4. The van der Waals surface area contributed by atoms with Crippen LogP contribution in [0.3, 0.4) is 0 Å². The van der Waals surface area contributed by atoms with E-state index in [1.807, 2.05) is 16.9 Å². The number of carbonyl (C=O) groups is 2. The van der Waals surface area contributed by atoms with Crippen LogP contribution in [-0.2, 0) is 27.8 Å². The molecule has 0 aromatic heterocycles. The molecule has 1 fully saturated rings. The highest BCUT2D eigenvalue weighted by Crippen LogP contribution is 2.31. The van der Waals surface area contributed by atoms with Crippen molar-refractivity contribution < 1.29 is 23.1 Å². The van der Waals surface area contributed by atoms with E-state index >= 15 is 0 Å². The predicted octanol–water partition coefficient (Wildman–Crippen LogP) is 1.06. The van der Waals surface area contributed by atoms with E-state index < -0.39 is 16.1 Å². The number of nitrogens with zero attached hydrogens (tertiary/aromatic N) is 2. The third-order valence-corrected chi connectivity index (χ3v) is 5.83. The fourth-order valence-corrected chi connectivity index (χ4v) is 4.12. The van der Waals surface area contributed by atoms with E-state index in [4.69, 9.17) is 0 Å². The Balaban J connectivity index is 1.68. The van der Waals surface area contributed by atoms with Crippen molar-refractivity contribution in [1.82, 2.24) is 9.62 Å². The number of benzene rings is 2. The maximum absolute atomic E-state index is 11.9. The molecule has 2 N–H and O–H groups in total. The Morgan fingerprint density at radius 2 is 1.71 bits per heavy atom. The summed E-state index contributed by atoms with van der Waals surface area (Å²) in [6, 6.07) is 12.0. The first-order valence-corrected chi connectivity index (χ1v) is 10.1. The number of hydrogen-bond donors (Lipinski definition) is 2. The van der Waals surface area contributed by atoms with E-state index in [1.165, 1.54) is 17.0 Å². The Morgan fingerprint density at radius 3 is 2.25 bits per heavy atom. The zero-order valence-corrected chi connectivity index (χ0v) is 16.4. The van der Waals surface area contributed by atoms with Gasteiger partial charge in [-0.15, -0.1) is 0 Å². The van der Waals surface area contributed by atoms with Crippen LogP contribution >= 0.6 is 0 Å². The molecule has 28 heavy (non-hydrogen) atoms. The number of aromatic hydroxyl groups is 1. The number of rotatable bonds is 5. The standard InChI is InChI=1S/C19H21N3O5S/c1-21(2)19(25)15-8-5-13(6-9-15)3-4-14-7-10-16(17(23)11-14)22-12-18(24)20-28(22,26)27/h5-11,23H,3-4,12H2,1-2H3,(H,20,24). The minimum absolute atomic E-state index is 0.0584. The molecule has 3 rings (SSSR count). The Bertz CT molecular complexity index is 1020. The van der Waals surface area contributed by atoms with Crippen LogP contribution in [0, 0.1) is 0 Å². The van der Waals surface area contributed by atoms with Crippen LogP contribution < -0.4 is 9.03 Å². The number of aryl methyl sites for hydroxylation is 2. The molecule has 0 atom stereocenters. The number of amides is 2. The molecule has 148 valence electrons. The summed E-state index contributed by atoms with van der Waals surface area (Å²) >= 11 is 0. The van der Waals surface area contributed by atoms with E-state index in [2.05, 4.69) is 0 Å². The molecule has 0 radical (unpaired) electrons. The van der Waals surface area contributed by atoms with Crippen molar-refractivity contribution >= 4 is 27.7 Å². The van der Waals surface area contributed by atoms with Crippen LogP contribution in [0.5, 0.6) is 5.75 Å². The molecular formula is C19H21N3O5S. The van der Waals surface area contributed by atoms with Gasteiger partial charge in [0.15, 0.2) is 0 Å². The molecule has 1 aliphatic heterocycles. The summed E-state index contributed by atoms with van der Waals surface area (Å²) in [5.41, 5.74) is 2.54. The van der Waals surface area contributed by atoms with Gasteiger partial charge in [0.25, 0.3) is 11.8 Å². The van der Waals surface area contributed by atoms with Gasteiger partial charge in [0, 0.05) is 19.7 Å². The molecule has 0 aliphatic carbocycles. The maximum Gasteiger partial charge on any atom is 0.326 e. The van der Waals surface area contributed by atoms with E-state index in [-0.39, 0.29) is 23.9 Å². The smallest absolute Gasteiger partial charge is 0.326 e. The third kappa shape index (κ3) is 4.09. The number of carbonyl (C=O) groups excluding carboxylic acids is 2. The van der Waals surface area contributed by atoms with Crippen molar-refractivity contribution in [3.63, 3.8) is 0 Å². The van der Waals surface area contributed by atoms with Crippen molar-refractivity contribution in [3.05, 3.63) is 59.2 Å². The second kappa shape index (κ2) is 7.51. The molecule has 2 aromatic rings. The van der Waals surface area contributed by atoms with Crippen LogP contribution in [0.15, 0.2) is 42.5 Å². The van der Waals surface area contributed by atoms with Gasteiger partial charge in [0.2, 0.25) is 0 Å². The highest BCUT2D eigenvalue weighted by atomic mass is 32.2. The molecule has 1 heterocycles. The average Bonchev–Trinajstić information content (AvgIpc) is 2.91. The Kier molecular flexibility index (Phi) is 5.28. The van der Waals surface area contributed by atoms with E-state index in [9.17, 15) is 23.1 Å². The van der Waals surface area contributed by atoms with Crippen molar-refractivity contribution in [1.29, 1.82) is 0 Å². The summed E-state index contributed by atoms with van der Waals surface area (Å²) < 4.78 is 26.5. The van der Waals surface area contributed by atoms with Crippen LogP contribution in [0.4, 0.5) is 5.69 Å². The summed E-state index contributed by atoms with van der Waals surface area (Å²) in [5, 5.41) is 10.2. The second-order valence-electron chi connectivity index (χ2n) is 6.76. The number of phenolic OH excluding ortho intramolecular Hbond substituents is 1. The lowest BCUT2D eigenvalue weighted by Gasteiger charge is -2.16. The van der Waals surface area contributed by atoms with Crippen LogP contribution in [0.2, 0.25) is 0 Å². The fraction of sp³-hybridized carbons (Fsp3) is 0.263. The Hall–Kier alpha value is -3.07. The summed E-state index contributed by atoms with van der Waals surface area (Å²) in [5.74, 6) is -0.902. The lowest BCUT2D eigenvalue weighted by molar-refractivity contribution is -0.117.